The Balaban J connectivity index is 2.02. The highest BCUT2D eigenvalue weighted by molar-refractivity contribution is 8.00. The fourth-order valence-electron chi connectivity index (χ4n) is 2.29. The molecule has 0 aliphatic carbocycles. The maximum Gasteiger partial charge on any atom is 0.229 e. The zero-order chi connectivity index (χ0) is 16.5. The van der Waals surface area contributed by atoms with Gasteiger partial charge in [0.15, 0.2) is 8.32 Å². The Morgan fingerprint density at radius 1 is 1.23 bits per heavy atom. The van der Waals surface area contributed by atoms with E-state index in [4.69, 9.17) is 4.43 Å². The number of rotatable bonds is 5. The summed E-state index contributed by atoms with van der Waals surface area (Å²) < 4.78 is 6.41. The summed E-state index contributed by atoms with van der Waals surface area (Å²) in [6, 6.07) is 10.2. The summed E-state index contributed by atoms with van der Waals surface area (Å²) in [5.74, 6) is 0.0407. The minimum Gasteiger partial charge on any atom is -0.413 e. The molecule has 1 aliphatic heterocycles. The first-order valence-electron chi connectivity index (χ1n) is 7.82. The number of hydrogen-bond acceptors (Lipinski definition) is 3. The zero-order valence-corrected chi connectivity index (χ0v) is 16.2. The maximum absolute atomic E-state index is 12.0. The van der Waals surface area contributed by atoms with E-state index in [2.05, 4.69) is 51.3 Å². The Hall–Kier alpha value is -0.783. The van der Waals surface area contributed by atoms with Gasteiger partial charge >= 0.3 is 0 Å². The molecule has 1 amide bonds. The number of carbonyl (C=O) groups excluding carboxylic acids is 1. The van der Waals surface area contributed by atoms with E-state index in [-0.39, 0.29) is 28.3 Å². The highest BCUT2D eigenvalue weighted by atomic mass is 32.2. The fourth-order valence-corrected chi connectivity index (χ4v) is 4.99. The molecule has 1 N–H and O–H groups in total. The van der Waals surface area contributed by atoms with Crippen LogP contribution in [-0.2, 0) is 9.22 Å². The van der Waals surface area contributed by atoms with Gasteiger partial charge in [-0.3, -0.25) is 4.79 Å². The summed E-state index contributed by atoms with van der Waals surface area (Å²) in [5.41, 5.74) is 0. The molecular formula is C17H27NO2SSi. The molecule has 0 bridgehead atoms. The number of nitrogens with one attached hydrogen (secondary N) is 1. The second-order valence-corrected chi connectivity index (χ2v) is 13.4. The van der Waals surface area contributed by atoms with Crippen molar-refractivity contribution in [3.8, 4) is 0 Å². The molecule has 122 valence electrons. The molecule has 22 heavy (non-hydrogen) atoms. The average Bonchev–Trinajstić information content (AvgIpc) is 2.36. The minimum atomic E-state index is -1.85. The van der Waals surface area contributed by atoms with Crippen LogP contribution in [-0.4, -0.2) is 25.7 Å². The zero-order valence-electron chi connectivity index (χ0n) is 14.3. The van der Waals surface area contributed by atoms with Gasteiger partial charge in [0.25, 0.3) is 0 Å². The summed E-state index contributed by atoms with van der Waals surface area (Å²) in [6.07, 6.45) is -0.0455. The lowest BCUT2D eigenvalue weighted by Crippen LogP contribution is -2.62. The van der Waals surface area contributed by atoms with Crippen LogP contribution in [0.4, 0.5) is 0 Å². The van der Waals surface area contributed by atoms with Gasteiger partial charge in [0, 0.05) is 4.90 Å². The molecule has 5 heteroatoms. The van der Waals surface area contributed by atoms with E-state index in [0.717, 1.165) is 0 Å². The summed E-state index contributed by atoms with van der Waals surface area (Å²) in [5, 5.41) is 3.27. The van der Waals surface area contributed by atoms with Crippen molar-refractivity contribution in [3.63, 3.8) is 0 Å². The van der Waals surface area contributed by atoms with Crippen molar-refractivity contribution in [2.75, 3.05) is 0 Å². The molecule has 0 saturated carbocycles. The lowest BCUT2D eigenvalue weighted by molar-refractivity contribution is -0.136. The van der Waals surface area contributed by atoms with Crippen LogP contribution >= 0.6 is 11.8 Å². The van der Waals surface area contributed by atoms with Crippen LogP contribution in [0.5, 0.6) is 0 Å². The van der Waals surface area contributed by atoms with Gasteiger partial charge in [-0.05, 0) is 37.2 Å². The third-order valence-electron chi connectivity index (χ3n) is 4.71. The SMILES string of the molecule is CC(O[Si](C)(C)C(C)(C)C)C1C(=O)NC1Sc1ccccc1. The second kappa shape index (κ2) is 6.38. The van der Waals surface area contributed by atoms with Crippen LogP contribution in [0.3, 0.4) is 0 Å². The number of carbonyl (C=O) groups is 1. The molecule has 1 aromatic rings. The highest BCUT2D eigenvalue weighted by Crippen LogP contribution is 2.40. The summed E-state index contributed by atoms with van der Waals surface area (Å²) in [7, 11) is -1.85. The van der Waals surface area contributed by atoms with Gasteiger partial charge in [-0.15, -0.1) is 11.8 Å². The van der Waals surface area contributed by atoms with E-state index in [0.29, 0.717) is 0 Å². The van der Waals surface area contributed by atoms with E-state index < -0.39 is 8.32 Å². The molecule has 1 aliphatic rings. The first kappa shape index (κ1) is 17.6. The summed E-state index contributed by atoms with van der Waals surface area (Å²) >= 11 is 1.71. The van der Waals surface area contributed by atoms with Crippen molar-refractivity contribution in [3.05, 3.63) is 30.3 Å². The first-order valence-corrected chi connectivity index (χ1v) is 11.6. The Bertz CT molecular complexity index is 527. The lowest BCUT2D eigenvalue weighted by atomic mass is 9.96. The number of benzene rings is 1. The van der Waals surface area contributed by atoms with Crippen molar-refractivity contribution >= 4 is 26.0 Å². The van der Waals surface area contributed by atoms with Crippen molar-refractivity contribution in [2.45, 2.75) is 62.2 Å². The molecule has 0 spiro atoms. The predicted octanol–water partition coefficient (Wildman–Crippen LogP) is 4.26. The number of β-lactam (4-membered cyclic amide) rings is 1. The predicted molar refractivity (Wildman–Crippen MR) is 95.5 cm³/mol. The highest BCUT2D eigenvalue weighted by Gasteiger charge is 2.47. The Morgan fingerprint density at radius 2 is 1.82 bits per heavy atom. The van der Waals surface area contributed by atoms with Gasteiger partial charge in [0.1, 0.15) is 0 Å². The smallest absolute Gasteiger partial charge is 0.229 e. The number of hydrogen-bond donors (Lipinski definition) is 1. The lowest BCUT2D eigenvalue weighted by Gasteiger charge is -2.45. The third kappa shape index (κ3) is 3.75. The molecule has 1 heterocycles. The molecule has 1 saturated heterocycles. The molecule has 2 rings (SSSR count). The van der Waals surface area contributed by atoms with Crippen LogP contribution in [0.2, 0.25) is 18.1 Å². The van der Waals surface area contributed by atoms with Gasteiger partial charge < -0.3 is 9.74 Å². The average molecular weight is 338 g/mol. The Kier molecular flexibility index (Phi) is 5.09. The van der Waals surface area contributed by atoms with Crippen LogP contribution in [0.1, 0.15) is 27.7 Å². The van der Waals surface area contributed by atoms with E-state index in [1.54, 1.807) is 11.8 Å². The molecule has 3 unspecified atom stereocenters. The van der Waals surface area contributed by atoms with Gasteiger partial charge in [-0.25, -0.2) is 0 Å². The number of amides is 1. The topological polar surface area (TPSA) is 38.3 Å². The van der Waals surface area contributed by atoms with Crippen molar-refractivity contribution in [1.29, 1.82) is 0 Å². The quantitative estimate of drug-likeness (QED) is 0.644. The normalized spacial score (nSPS) is 23.6. The molecule has 3 nitrogen and oxygen atoms in total. The Labute approximate surface area is 139 Å². The van der Waals surface area contributed by atoms with Gasteiger partial charge in [-0.2, -0.15) is 0 Å². The molecule has 1 fully saturated rings. The maximum atomic E-state index is 12.0. The van der Waals surface area contributed by atoms with E-state index in [1.807, 2.05) is 25.1 Å². The molecule has 1 aromatic carbocycles. The van der Waals surface area contributed by atoms with E-state index in [9.17, 15) is 4.79 Å². The van der Waals surface area contributed by atoms with Crippen LogP contribution in [0.25, 0.3) is 0 Å². The molecule has 3 atom stereocenters. The molecule has 0 aromatic heterocycles. The van der Waals surface area contributed by atoms with Crippen LogP contribution in [0.15, 0.2) is 35.2 Å². The van der Waals surface area contributed by atoms with E-state index >= 15 is 0 Å². The Morgan fingerprint density at radius 3 is 2.32 bits per heavy atom. The number of thioether (sulfide) groups is 1. The molecule has 0 radical (unpaired) electrons. The minimum absolute atomic E-state index is 0.0455. The van der Waals surface area contributed by atoms with Crippen LogP contribution < -0.4 is 5.32 Å². The van der Waals surface area contributed by atoms with Crippen molar-refractivity contribution in [1.82, 2.24) is 5.32 Å². The summed E-state index contributed by atoms with van der Waals surface area (Å²) in [6.45, 7) is 13.2. The third-order valence-corrected chi connectivity index (χ3v) is 10.5. The fraction of sp³-hybridized carbons (Fsp3) is 0.588. The van der Waals surface area contributed by atoms with Gasteiger partial charge in [0.2, 0.25) is 5.91 Å². The monoisotopic (exact) mass is 337 g/mol. The second-order valence-electron chi connectivity index (χ2n) is 7.47. The molecular weight excluding hydrogens is 310 g/mol. The van der Waals surface area contributed by atoms with Crippen molar-refractivity contribution in [2.24, 2.45) is 5.92 Å². The largest absolute Gasteiger partial charge is 0.413 e. The standard InChI is InChI=1S/C17H27NO2SSi/c1-12(20-22(5,6)17(2,3)4)14-15(19)18-16(14)21-13-10-8-7-9-11-13/h7-12,14,16H,1-6H3,(H,18,19). The van der Waals surface area contributed by atoms with Gasteiger partial charge in [0.05, 0.1) is 17.4 Å². The van der Waals surface area contributed by atoms with Crippen LogP contribution in [0, 0.1) is 5.92 Å². The summed E-state index contributed by atoms with van der Waals surface area (Å²) in [4.78, 5) is 13.2. The van der Waals surface area contributed by atoms with Crippen molar-refractivity contribution < 1.29 is 9.22 Å². The first-order chi connectivity index (χ1) is 10.1. The van der Waals surface area contributed by atoms with Gasteiger partial charge in [-0.1, -0.05) is 39.0 Å². The van der Waals surface area contributed by atoms with E-state index in [1.165, 1.54) is 4.90 Å².